The van der Waals surface area contributed by atoms with E-state index in [1.165, 1.54) is 30.6 Å². The van der Waals surface area contributed by atoms with Gasteiger partial charge in [0.25, 0.3) is 0 Å². The van der Waals surface area contributed by atoms with Crippen LogP contribution in [0.4, 0.5) is 0 Å². The molecular formula is C19H29N3O. The van der Waals surface area contributed by atoms with Crippen LogP contribution in [0.5, 0.6) is 0 Å². The molecule has 0 bridgehead atoms. The maximum Gasteiger partial charge on any atom is 0.234 e. The Balaban J connectivity index is 1.37. The minimum atomic E-state index is 0.167. The normalized spacial score (nSPS) is 21.8. The van der Waals surface area contributed by atoms with Crippen LogP contribution >= 0.6 is 0 Å². The number of amides is 1. The van der Waals surface area contributed by atoms with Crippen LogP contribution in [0.2, 0.25) is 0 Å². The summed E-state index contributed by atoms with van der Waals surface area (Å²) in [5.74, 6) is 1.51. The smallest absolute Gasteiger partial charge is 0.234 e. The zero-order chi connectivity index (χ0) is 16.2. The van der Waals surface area contributed by atoms with E-state index in [1.54, 1.807) is 0 Å². The molecule has 1 saturated heterocycles. The molecule has 4 nitrogen and oxygen atoms in total. The average Bonchev–Trinajstić information content (AvgIpc) is 3.10. The summed E-state index contributed by atoms with van der Waals surface area (Å²) in [7, 11) is 0. The summed E-state index contributed by atoms with van der Waals surface area (Å²) in [6, 6.07) is 8.47. The van der Waals surface area contributed by atoms with Crippen molar-refractivity contribution in [1.82, 2.24) is 15.1 Å². The van der Waals surface area contributed by atoms with Crippen molar-refractivity contribution >= 4 is 5.91 Å². The number of carbonyl (C=O) groups is 1. The van der Waals surface area contributed by atoms with Gasteiger partial charge in [0.15, 0.2) is 0 Å². The highest BCUT2D eigenvalue weighted by Gasteiger charge is 2.24. The molecule has 1 fully saturated rings. The van der Waals surface area contributed by atoms with Gasteiger partial charge in [0.05, 0.1) is 6.54 Å². The second-order valence-corrected chi connectivity index (χ2v) is 7.53. The molecular weight excluding hydrogens is 286 g/mol. The molecule has 4 heteroatoms. The molecule has 0 radical (unpaired) electrons. The van der Waals surface area contributed by atoms with Crippen LogP contribution in [0.3, 0.4) is 0 Å². The van der Waals surface area contributed by atoms with E-state index in [1.807, 2.05) is 0 Å². The molecule has 2 aliphatic heterocycles. The van der Waals surface area contributed by atoms with Gasteiger partial charge in [-0.05, 0) is 35.9 Å². The second kappa shape index (κ2) is 7.45. The molecule has 0 unspecified atom stereocenters. The number of nitrogens with one attached hydrogen (secondary N) is 1. The Morgan fingerprint density at radius 2 is 1.91 bits per heavy atom. The first-order valence-electron chi connectivity index (χ1n) is 8.88. The number of likely N-dealkylation sites (tertiary alicyclic amines) is 1. The van der Waals surface area contributed by atoms with E-state index in [4.69, 9.17) is 0 Å². The predicted molar refractivity (Wildman–Crippen MR) is 93.0 cm³/mol. The SMILES string of the molecule is CC(C)CN1CC[C@H](CNC(=O)CN2Cc3ccccc3C2)C1. The van der Waals surface area contributed by atoms with Crippen LogP contribution in [-0.4, -0.2) is 48.4 Å². The topological polar surface area (TPSA) is 35.6 Å². The standard InChI is InChI=1S/C19H29N3O/c1-15(2)10-21-8-7-16(11-21)9-20-19(23)14-22-12-17-5-3-4-6-18(17)13-22/h3-6,15-16H,7-14H2,1-2H3,(H,20,23)/t16-/m1/s1. The lowest BCUT2D eigenvalue weighted by molar-refractivity contribution is -0.122. The Morgan fingerprint density at radius 1 is 1.22 bits per heavy atom. The van der Waals surface area contributed by atoms with Gasteiger partial charge in [-0.15, -0.1) is 0 Å². The second-order valence-electron chi connectivity index (χ2n) is 7.53. The first-order valence-corrected chi connectivity index (χ1v) is 8.88. The minimum absolute atomic E-state index is 0.167. The molecule has 0 aliphatic carbocycles. The summed E-state index contributed by atoms with van der Waals surface area (Å²) >= 11 is 0. The van der Waals surface area contributed by atoms with E-state index >= 15 is 0 Å². The average molecular weight is 315 g/mol. The number of hydrogen-bond acceptors (Lipinski definition) is 3. The summed E-state index contributed by atoms with van der Waals surface area (Å²) in [4.78, 5) is 16.9. The van der Waals surface area contributed by atoms with Crippen LogP contribution in [0.15, 0.2) is 24.3 Å². The van der Waals surface area contributed by atoms with Crippen molar-refractivity contribution in [1.29, 1.82) is 0 Å². The molecule has 2 heterocycles. The van der Waals surface area contributed by atoms with Crippen LogP contribution in [0.25, 0.3) is 0 Å². The minimum Gasteiger partial charge on any atom is -0.355 e. The molecule has 1 aromatic rings. The highest BCUT2D eigenvalue weighted by Crippen LogP contribution is 2.21. The number of benzene rings is 1. The van der Waals surface area contributed by atoms with Gasteiger partial charge in [0.2, 0.25) is 5.91 Å². The Bertz CT molecular complexity index is 518. The largest absolute Gasteiger partial charge is 0.355 e. The van der Waals surface area contributed by atoms with Crippen molar-refractivity contribution in [3.05, 3.63) is 35.4 Å². The molecule has 1 atom stereocenters. The van der Waals surface area contributed by atoms with Crippen LogP contribution in [0, 0.1) is 11.8 Å². The fourth-order valence-electron chi connectivity index (χ4n) is 3.79. The lowest BCUT2D eigenvalue weighted by Gasteiger charge is -2.19. The van der Waals surface area contributed by atoms with Gasteiger partial charge in [-0.1, -0.05) is 38.1 Å². The fourth-order valence-corrected chi connectivity index (χ4v) is 3.79. The molecule has 1 N–H and O–H groups in total. The lowest BCUT2D eigenvalue weighted by Crippen LogP contribution is -2.37. The number of hydrogen-bond donors (Lipinski definition) is 1. The molecule has 23 heavy (non-hydrogen) atoms. The van der Waals surface area contributed by atoms with Crippen LogP contribution < -0.4 is 5.32 Å². The third-order valence-electron chi connectivity index (χ3n) is 4.85. The molecule has 0 aromatic heterocycles. The summed E-state index contributed by atoms with van der Waals surface area (Å²) < 4.78 is 0. The van der Waals surface area contributed by atoms with Gasteiger partial charge in [0, 0.05) is 32.7 Å². The van der Waals surface area contributed by atoms with Crippen molar-refractivity contribution in [3.8, 4) is 0 Å². The van der Waals surface area contributed by atoms with Crippen molar-refractivity contribution in [2.24, 2.45) is 11.8 Å². The third-order valence-corrected chi connectivity index (χ3v) is 4.85. The Labute approximate surface area is 139 Å². The number of nitrogens with zero attached hydrogens (tertiary/aromatic N) is 2. The first-order chi connectivity index (χ1) is 11.1. The lowest BCUT2D eigenvalue weighted by atomic mass is 10.1. The van der Waals surface area contributed by atoms with Crippen molar-refractivity contribution in [3.63, 3.8) is 0 Å². The summed E-state index contributed by atoms with van der Waals surface area (Å²) in [6.45, 7) is 11.2. The first kappa shape index (κ1) is 16.5. The Hall–Kier alpha value is -1.39. The fraction of sp³-hybridized carbons (Fsp3) is 0.632. The Kier molecular flexibility index (Phi) is 5.34. The molecule has 1 amide bonds. The van der Waals surface area contributed by atoms with E-state index < -0.39 is 0 Å². The van der Waals surface area contributed by atoms with Crippen molar-refractivity contribution in [2.45, 2.75) is 33.4 Å². The molecule has 2 aliphatic rings. The third kappa shape index (κ3) is 4.55. The Morgan fingerprint density at radius 3 is 2.57 bits per heavy atom. The van der Waals surface area contributed by atoms with Gasteiger partial charge < -0.3 is 10.2 Å². The number of fused-ring (bicyclic) bond motifs is 1. The van der Waals surface area contributed by atoms with Gasteiger partial charge in [-0.25, -0.2) is 0 Å². The number of rotatable bonds is 6. The highest BCUT2D eigenvalue weighted by molar-refractivity contribution is 5.78. The van der Waals surface area contributed by atoms with Crippen molar-refractivity contribution in [2.75, 3.05) is 32.7 Å². The maximum atomic E-state index is 12.2. The van der Waals surface area contributed by atoms with E-state index in [-0.39, 0.29) is 5.91 Å². The number of carbonyl (C=O) groups excluding carboxylic acids is 1. The summed E-state index contributed by atoms with van der Waals surface area (Å²) in [6.07, 6.45) is 1.21. The summed E-state index contributed by atoms with van der Waals surface area (Å²) in [5.41, 5.74) is 2.72. The molecule has 3 rings (SSSR count). The van der Waals surface area contributed by atoms with Gasteiger partial charge in [-0.3, -0.25) is 9.69 Å². The summed E-state index contributed by atoms with van der Waals surface area (Å²) in [5, 5.41) is 3.14. The maximum absolute atomic E-state index is 12.2. The molecule has 0 spiro atoms. The van der Waals surface area contributed by atoms with Gasteiger partial charge in [-0.2, -0.15) is 0 Å². The van der Waals surface area contributed by atoms with Gasteiger partial charge >= 0.3 is 0 Å². The quantitative estimate of drug-likeness (QED) is 0.873. The molecule has 126 valence electrons. The molecule has 0 saturated carbocycles. The van der Waals surface area contributed by atoms with E-state index in [2.05, 4.69) is 53.2 Å². The predicted octanol–water partition coefficient (Wildman–Crippen LogP) is 2.10. The van der Waals surface area contributed by atoms with Crippen molar-refractivity contribution < 1.29 is 4.79 Å². The van der Waals surface area contributed by atoms with E-state index in [0.717, 1.165) is 32.1 Å². The molecule has 1 aromatic carbocycles. The van der Waals surface area contributed by atoms with E-state index in [0.29, 0.717) is 12.5 Å². The zero-order valence-electron chi connectivity index (χ0n) is 14.4. The highest BCUT2D eigenvalue weighted by atomic mass is 16.2. The van der Waals surface area contributed by atoms with Crippen LogP contribution in [0.1, 0.15) is 31.4 Å². The van der Waals surface area contributed by atoms with Gasteiger partial charge in [0.1, 0.15) is 0 Å². The zero-order valence-corrected chi connectivity index (χ0v) is 14.4. The monoisotopic (exact) mass is 315 g/mol. The van der Waals surface area contributed by atoms with E-state index in [9.17, 15) is 4.79 Å². The van der Waals surface area contributed by atoms with Crippen LogP contribution in [-0.2, 0) is 17.9 Å².